The van der Waals surface area contributed by atoms with Crippen LogP contribution in [-0.4, -0.2) is 48.2 Å². The molecule has 1 amide bonds. The molecule has 0 bridgehead atoms. The lowest BCUT2D eigenvalue weighted by Gasteiger charge is -2.22. The Morgan fingerprint density at radius 1 is 1.57 bits per heavy atom. The molecule has 2 N–H and O–H groups in total. The first-order valence-corrected chi connectivity index (χ1v) is 5.38. The number of carbonyl (C=O) groups excluding carboxylic acids is 1. The molecule has 1 unspecified atom stereocenters. The molecular formula is C10H20N2O2. The fraction of sp³-hybridized carbons (Fsp3) is 0.900. The Labute approximate surface area is 85.3 Å². The number of rotatable bonds is 4. The van der Waals surface area contributed by atoms with E-state index in [-0.39, 0.29) is 18.6 Å². The van der Waals surface area contributed by atoms with Gasteiger partial charge in [0.05, 0.1) is 6.04 Å². The van der Waals surface area contributed by atoms with Gasteiger partial charge in [-0.2, -0.15) is 0 Å². The first kappa shape index (κ1) is 11.5. The molecule has 0 spiro atoms. The monoisotopic (exact) mass is 200 g/mol. The van der Waals surface area contributed by atoms with Gasteiger partial charge in [0, 0.05) is 19.7 Å². The van der Waals surface area contributed by atoms with Crippen molar-refractivity contribution in [2.45, 2.75) is 32.2 Å². The molecule has 0 radical (unpaired) electrons. The van der Waals surface area contributed by atoms with Gasteiger partial charge in [-0.05, 0) is 32.7 Å². The number of aliphatic hydroxyl groups is 1. The van der Waals surface area contributed by atoms with Crippen molar-refractivity contribution < 1.29 is 9.90 Å². The predicted molar refractivity (Wildman–Crippen MR) is 55.0 cm³/mol. The van der Waals surface area contributed by atoms with Crippen molar-refractivity contribution in [2.24, 2.45) is 0 Å². The van der Waals surface area contributed by atoms with Gasteiger partial charge in [0.15, 0.2) is 0 Å². The van der Waals surface area contributed by atoms with E-state index in [0.717, 1.165) is 38.9 Å². The first-order valence-electron chi connectivity index (χ1n) is 5.38. The van der Waals surface area contributed by atoms with Gasteiger partial charge in [-0.3, -0.25) is 4.79 Å². The van der Waals surface area contributed by atoms with Crippen LogP contribution >= 0.6 is 0 Å². The number of nitrogens with one attached hydrogen (secondary N) is 1. The van der Waals surface area contributed by atoms with Gasteiger partial charge in [-0.15, -0.1) is 0 Å². The van der Waals surface area contributed by atoms with Gasteiger partial charge in [-0.1, -0.05) is 0 Å². The lowest BCUT2D eigenvalue weighted by molar-refractivity contribution is -0.132. The second-order valence-electron chi connectivity index (χ2n) is 3.79. The summed E-state index contributed by atoms with van der Waals surface area (Å²) in [5.74, 6) is 0.195. The lowest BCUT2D eigenvalue weighted by Crippen LogP contribution is -2.42. The number of hydrogen-bond acceptors (Lipinski definition) is 3. The Balaban J connectivity index is 2.36. The molecule has 82 valence electrons. The molecule has 1 atom stereocenters. The number of amides is 1. The first-order chi connectivity index (χ1) is 6.75. The van der Waals surface area contributed by atoms with E-state index in [1.165, 1.54) is 0 Å². The predicted octanol–water partition coefficient (Wildman–Crippen LogP) is -0.0307. The van der Waals surface area contributed by atoms with E-state index < -0.39 is 0 Å². The third-order valence-electron chi connectivity index (χ3n) is 2.57. The van der Waals surface area contributed by atoms with E-state index in [2.05, 4.69) is 5.32 Å². The summed E-state index contributed by atoms with van der Waals surface area (Å²) in [5, 5.41) is 11.8. The fourth-order valence-corrected chi connectivity index (χ4v) is 1.70. The molecule has 1 rings (SSSR count). The van der Waals surface area contributed by atoms with Crippen LogP contribution in [0, 0.1) is 0 Å². The van der Waals surface area contributed by atoms with Crippen LogP contribution in [0.25, 0.3) is 0 Å². The standard InChI is InChI=1S/C10H20N2O2/c1-9-10(14)12(6-2-3-8-13)7-4-5-11-9/h9,11,13H,2-8H2,1H3. The van der Waals surface area contributed by atoms with Gasteiger partial charge in [0.2, 0.25) is 5.91 Å². The molecule has 4 heteroatoms. The van der Waals surface area contributed by atoms with Crippen molar-refractivity contribution in [3.05, 3.63) is 0 Å². The zero-order valence-corrected chi connectivity index (χ0v) is 8.83. The topological polar surface area (TPSA) is 52.6 Å². The summed E-state index contributed by atoms with van der Waals surface area (Å²) in [4.78, 5) is 13.6. The third-order valence-corrected chi connectivity index (χ3v) is 2.57. The summed E-state index contributed by atoms with van der Waals surface area (Å²) in [6.07, 6.45) is 2.70. The summed E-state index contributed by atoms with van der Waals surface area (Å²) in [6.45, 7) is 4.68. The number of nitrogens with zero attached hydrogens (tertiary/aromatic N) is 1. The van der Waals surface area contributed by atoms with Crippen molar-refractivity contribution in [1.82, 2.24) is 10.2 Å². The number of carbonyl (C=O) groups is 1. The summed E-state index contributed by atoms with van der Waals surface area (Å²) in [5.41, 5.74) is 0. The van der Waals surface area contributed by atoms with Gasteiger partial charge in [0.1, 0.15) is 0 Å². The molecule has 0 aliphatic carbocycles. The van der Waals surface area contributed by atoms with Crippen molar-refractivity contribution in [3.63, 3.8) is 0 Å². The van der Waals surface area contributed by atoms with Crippen LogP contribution in [-0.2, 0) is 4.79 Å². The maximum Gasteiger partial charge on any atom is 0.239 e. The van der Waals surface area contributed by atoms with Crippen LogP contribution in [0.1, 0.15) is 26.2 Å². The van der Waals surface area contributed by atoms with Gasteiger partial charge >= 0.3 is 0 Å². The molecule has 0 aromatic carbocycles. The van der Waals surface area contributed by atoms with E-state index in [1.54, 1.807) is 0 Å². The summed E-state index contributed by atoms with van der Waals surface area (Å²) in [6, 6.07) is -0.0494. The highest BCUT2D eigenvalue weighted by Crippen LogP contribution is 2.04. The maximum atomic E-state index is 11.7. The van der Waals surface area contributed by atoms with Gasteiger partial charge in [0.25, 0.3) is 0 Å². The molecule has 4 nitrogen and oxygen atoms in total. The second-order valence-corrected chi connectivity index (χ2v) is 3.79. The highest BCUT2D eigenvalue weighted by Gasteiger charge is 2.21. The van der Waals surface area contributed by atoms with E-state index in [1.807, 2.05) is 11.8 Å². The van der Waals surface area contributed by atoms with Crippen LogP contribution in [0.4, 0.5) is 0 Å². The second kappa shape index (κ2) is 5.98. The SMILES string of the molecule is CC1NCCCN(CCCCO)C1=O. The minimum atomic E-state index is -0.0494. The Kier molecular flexibility index (Phi) is 4.90. The molecule has 14 heavy (non-hydrogen) atoms. The van der Waals surface area contributed by atoms with E-state index in [0.29, 0.717) is 0 Å². The smallest absolute Gasteiger partial charge is 0.239 e. The van der Waals surface area contributed by atoms with Crippen molar-refractivity contribution >= 4 is 5.91 Å². The Bertz CT molecular complexity index is 185. The molecular weight excluding hydrogens is 180 g/mol. The summed E-state index contributed by atoms with van der Waals surface area (Å²) >= 11 is 0. The fourth-order valence-electron chi connectivity index (χ4n) is 1.70. The maximum absolute atomic E-state index is 11.7. The Hall–Kier alpha value is -0.610. The summed E-state index contributed by atoms with van der Waals surface area (Å²) in [7, 11) is 0. The van der Waals surface area contributed by atoms with E-state index >= 15 is 0 Å². The van der Waals surface area contributed by atoms with E-state index in [4.69, 9.17) is 5.11 Å². The molecule has 0 aromatic heterocycles. The van der Waals surface area contributed by atoms with Gasteiger partial charge in [-0.25, -0.2) is 0 Å². The van der Waals surface area contributed by atoms with Crippen LogP contribution in [0.3, 0.4) is 0 Å². The molecule has 0 aromatic rings. The molecule has 1 saturated heterocycles. The minimum absolute atomic E-state index is 0.0494. The average molecular weight is 200 g/mol. The normalized spacial score (nSPS) is 23.7. The van der Waals surface area contributed by atoms with Crippen LogP contribution in [0.5, 0.6) is 0 Å². The van der Waals surface area contributed by atoms with E-state index in [9.17, 15) is 4.79 Å². The minimum Gasteiger partial charge on any atom is -0.396 e. The Morgan fingerprint density at radius 3 is 3.07 bits per heavy atom. The van der Waals surface area contributed by atoms with Crippen molar-refractivity contribution in [1.29, 1.82) is 0 Å². The Morgan fingerprint density at radius 2 is 2.36 bits per heavy atom. The zero-order chi connectivity index (χ0) is 10.4. The number of unbranched alkanes of at least 4 members (excludes halogenated alkanes) is 1. The highest BCUT2D eigenvalue weighted by molar-refractivity contribution is 5.81. The van der Waals surface area contributed by atoms with Gasteiger partial charge < -0.3 is 15.3 Å². The van der Waals surface area contributed by atoms with Crippen molar-refractivity contribution in [2.75, 3.05) is 26.2 Å². The van der Waals surface area contributed by atoms with Crippen LogP contribution in [0.15, 0.2) is 0 Å². The third kappa shape index (κ3) is 3.27. The molecule has 1 aliphatic rings. The van der Waals surface area contributed by atoms with Crippen LogP contribution in [0.2, 0.25) is 0 Å². The number of aliphatic hydroxyl groups excluding tert-OH is 1. The molecule has 1 aliphatic heterocycles. The summed E-state index contributed by atoms with van der Waals surface area (Å²) < 4.78 is 0. The molecule has 1 fully saturated rings. The zero-order valence-electron chi connectivity index (χ0n) is 8.83. The number of hydrogen-bond donors (Lipinski definition) is 2. The average Bonchev–Trinajstić information content (AvgIpc) is 2.33. The quantitative estimate of drug-likeness (QED) is 0.627. The largest absolute Gasteiger partial charge is 0.396 e. The van der Waals surface area contributed by atoms with Crippen molar-refractivity contribution in [3.8, 4) is 0 Å². The molecule has 1 heterocycles. The van der Waals surface area contributed by atoms with Crippen LogP contribution < -0.4 is 5.32 Å². The highest BCUT2D eigenvalue weighted by atomic mass is 16.3. The lowest BCUT2D eigenvalue weighted by atomic mass is 10.2. The molecule has 0 saturated carbocycles.